The van der Waals surface area contributed by atoms with Crippen molar-refractivity contribution in [2.45, 2.75) is 26.2 Å². The number of halogens is 2. The average Bonchev–Trinajstić information content (AvgIpc) is 3.39. The molecular formula is C25H18F2N4O. The second-order valence-electron chi connectivity index (χ2n) is 7.81. The Balaban J connectivity index is 1.51. The molecule has 7 heteroatoms. The van der Waals surface area contributed by atoms with E-state index in [1.165, 1.54) is 12.1 Å². The van der Waals surface area contributed by atoms with E-state index in [1.54, 1.807) is 6.07 Å². The van der Waals surface area contributed by atoms with E-state index in [2.05, 4.69) is 32.4 Å². The van der Waals surface area contributed by atoms with Crippen molar-refractivity contribution in [1.29, 1.82) is 0 Å². The van der Waals surface area contributed by atoms with Crippen molar-refractivity contribution in [1.82, 2.24) is 20.6 Å². The van der Waals surface area contributed by atoms with Crippen LogP contribution in [0.25, 0.3) is 22.0 Å². The molecule has 5 nitrogen and oxygen atoms in total. The van der Waals surface area contributed by atoms with E-state index in [1.807, 2.05) is 43.3 Å². The van der Waals surface area contributed by atoms with Gasteiger partial charge in [0.25, 0.3) is 5.92 Å². The van der Waals surface area contributed by atoms with Crippen LogP contribution in [-0.2, 0) is 12.3 Å². The number of nitrogens with zero attached hydrogens (tertiary/aromatic N) is 3. The maximum atomic E-state index is 13.7. The first-order valence-corrected chi connectivity index (χ1v) is 10.1. The summed E-state index contributed by atoms with van der Waals surface area (Å²) in [7, 11) is 0. The molecule has 3 aromatic carbocycles. The van der Waals surface area contributed by atoms with Gasteiger partial charge in [0, 0.05) is 29.9 Å². The number of fused-ring (bicyclic) bond motifs is 2. The van der Waals surface area contributed by atoms with Crippen molar-refractivity contribution < 1.29 is 13.3 Å². The van der Waals surface area contributed by atoms with Crippen LogP contribution in [0.3, 0.4) is 0 Å². The summed E-state index contributed by atoms with van der Waals surface area (Å²) in [4.78, 5) is 0. The van der Waals surface area contributed by atoms with E-state index in [0.717, 1.165) is 45.6 Å². The molecule has 0 aliphatic rings. The summed E-state index contributed by atoms with van der Waals surface area (Å²) in [5.41, 5.74) is 6.03. The van der Waals surface area contributed by atoms with Crippen molar-refractivity contribution in [3.8, 4) is 11.8 Å². The van der Waals surface area contributed by atoms with Gasteiger partial charge in [-0.1, -0.05) is 41.3 Å². The van der Waals surface area contributed by atoms with Gasteiger partial charge in [-0.25, -0.2) is 8.78 Å². The number of benzene rings is 3. The fourth-order valence-corrected chi connectivity index (χ4v) is 3.64. The van der Waals surface area contributed by atoms with E-state index in [0.29, 0.717) is 17.7 Å². The van der Waals surface area contributed by atoms with Crippen LogP contribution in [0, 0.1) is 18.8 Å². The molecule has 0 bridgehead atoms. The molecule has 32 heavy (non-hydrogen) atoms. The van der Waals surface area contributed by atoms with Gasteiger partial charge in [0.15, 0.2) is 5.58 Å². The van der Waals surface area contributed by atoms with Crippen molar-refractivity contribution in [3.63, 3.8) is 0 Å². The molecule has 2 aromatic heterocycles. The third kappa shape index (κ3) is 3.71. The number of alkyl halides is 2. The van der Waals surface area contributed by atoms with E-state index in [9.17, 15) is 8.78 Å². The maximum absolute atomic E-state index is 13.7. The molecule has 5 aromatic rings. The lowest BCUT2D eigenvalue weighted by atomic mass is 10.00. The second-order valence-corrected chi connectivity index (χ2v) is 7.81. The number of nitrogens with one attached hydrogen (secondary N) is 1. The molecule has 0 spiro atoms. The van der Waals surface area contributed by atoms with Crippen LogP contribution in [0.1, 0.15) is 40.4 Å². The Morgan fingerprint density at radius 1 is 1.00 bits per heavy atom. The fourth-order valence-electron chi connectivity index (χ4n) is 3.64. The second kappa shape index (κ2) is 7.57. The van der Waals surface area contributed by atoms with Crippen molar-refractivity contribution in [2.24, 2.45) is 0 Å². The molecule has 0 aliphatic heterocycles. The summed E-state index contributed by atoms with van der Waals surface area (Å²) in [6, 6.07) is 15.9. The van der Waals surface area contributed by atoms with Gasteiger partial charge in [-0.2, -0.15) is 15.4 Å². The van der Waals surface area contributed by atoms with Crippen LogP contribution in [0.4, 0.5) is 8.78 Å². The van der Waals surface area contributed by atoms with Crippen molar-refractivity contribution in [2.75, 3.05) is 0 Å². The Morgan fingerprint density at radius 3 is 2.69 bits per heavy atom. The van der Waals surface area contributed by atoms with Crippen LogP contribution in [0.5, 0.6) is 0 Å². The third-order valence-electron chi connectivity index (χ3n) is 5.38. The Hall–Kier alpha value is -4.05. The zero-order valence-corrected chi connectivity index (χ0v) is 17.4. The molecule has 1 N–H and O–H groups in total. The third-order valence-corrected chi connectivity index (χ3v) is 5.38. The minimum absolute atomic E-state index is 0.0192. The van der Waals surface area contributed by atoms with Gasteiger partial charge < -0.3 is 4.52 Å². The molecule has 158 valence electrons. The van der Waals surface area contributed by atoms with Gasteiger partial charge in [0.2, 0.25) is 0 Å². The number of aromatic nitrogens is 4. The van der Waals surface area contributed by atoms with Gasteiger partial charge in [0.05, 0.1) is 11.3 Å². The van der Waals surface area contributed by atoms with Gasteiger partial charge in [-0.05, 0) is 48.4 Å². The fraction of sp³-hybridized carbons (Fsp3) is 0.160. The summed E-state index contributed by atoms with van der Waals surface area (Å²) < 4.78 is 33.0. The highest BCUT2D eigenvalue weighted by Crippen LogP contribution is 2.30. The van der Waals surface area contributed by atoms with E-state index < -0.39 is 5.92 Å². The highest BCUT2D eigenvalue weighted by atomic mass is 19.3. The smallest absolute Gasteiger partial charge is 0.270 e. The minimum Gasteiger partial charge on any atom is -0.355 e. The zero-order valence-electron chi connectivity index (χ0n) is 17.4. The Morgan fingerprint density at radius 2 is 1.84 bits per heavy atom. The van der Waals surface area contributed by atoms with E-state index >= 15 is 0 Å². The minimum atomic E-state index is -2.89. The molecule has 0 saturated carbocycles. The first-order valence-electron chi connectivity index (χ1n) is 10.1. The van der Waals surface area contributed by atoms with Crippen LogP contribution < -0.4 is 0 Å². The lowest BCUT2D eigenvalue weighted by molar-refractivity contribution is 0.0174. The van der Waals surface area contributed by atoms with Gasteiger partial charge in [-0.15, -0.1) is 0 Å². The van der Waals surface area contributed by atoms with Crippen LogP contribution in [0.2, 0.25) is 0 Å². The first kappa shape index (κ1) is 19.9. The highest BCUT2D eigenvalue weighted by molar-refractivity contribution is 5.86. The van der Waals surface area contributed by atoms with Gasteiger partial charge >= 0.3 is 0 Å². The molecule has 0 radical (unpaired) electrons. The summed E-state index contributed by atoms with van der Waals surface area (Å²) in [5, 5.41) is 15.8. The standard InChI is InChI=1S/C25H18F2N4O/c1-15-6-9-20-22(14-17-4-3-5-18(12-17)25(2,26)27)30-32-24(20)19(15)10-7-16-8-11-21-23(13-16)29-31-28-21/h3-6,8-9,11-13H,14H2,1-2H3,(H,28,29,31). The predicted molar refractivity (Wildman–Crippen MR) is 117 cm³/mol. The number of aryl methyl sites for hydroxylation is 1. The number of H-pyrrole nitrogens is 1. The number of hydrogen-bond donors (Lipinski definition) is 1. The molecule has 2 heterocycles. The quantitative estimate of drug-likeness (QED) is 0.385. The van der Waals surface area contributed by atoms with Gasteiger partial charge in [-0.3, -0.25) is 0 Å². The van der Waals surface area contributed by atoms with Gasteiger partial charge in [0.1, 0.15) is 11.0 Å². The Bertz CT molecular complexity index is 1520. The summed E-state index contributed by atoms with van der Waals surface area (Å²) in [6.45, 7) is 2.85. The molecule has 5 rings (SSSR count). The van der Waals surface area contributed by atoms with Crippen LogP contribution in [-0.4, -0.2) is 20.6 Å². The molecule has 0 amide bonds. The largest absolute Gasteiger partial charge is 0.355 e. The predicted octanol–water partition coefficient (Wildman–Crippen LogP) is 5.51. The van der Waals surface area contributed by atoms with Crippen LogP contribution >= 0.6 is 0 Å². The van der Waals surface area contributed by atoms with Crippen molar-refractivity contribution in [3.05, 3.63) is 88.1 Å². The first-order chi connectivity index (χ1) is 15.4. The zero-order chi connectivity index (χ0) is 22.3. The Kier molecular flexibility index (Phi) is 4.71. The Labute approximate surface area is 182 Å². The normalized spacial score (nSPS) is 11.6. The van der Waals surface area contributed by atoms with E-state index in [-0.39, 0.29) is 5.56 Å². The van der Waals surface area contributed by atoms with Crippen LogP contribution in [0.15, 0.2) is 59.1 Å². The number of hydrogen-bond acceptors (Lipinski definition) is 4. The summed E-state index contributed by atoms with van der Waals surface area (Å²) >= 11 is 0. The molecular weight excluding hydrogens is 410 g/mol. The number of aromatic amines is 1. The summed E-state index contributed by atoms with van der Waals surface area (Å²) in [5.74, 6) is 3.46. The highest BCUT2D eigenvalue weighted by Gasteiger charge is 2.24. The molecule has 0 saturated heterocycles. The summed E-state index contributed by atoms with van der Waals surface area (Å²) in [6.07, 6.45) is 0.385. The van der Waals surface area contributed by atoms with E-state index in [4.69, 9.17) is 4.52 Å². The molecule has 0 unspecified atom stereocenters. The number of rotatable bonds is 3. The van der Waals surface area contributed by atoms with Crippen molar-refractivity contribution >= 4 is 22.0 Å². The lowest BCUT2D eigenvalue weighted by Gasteiger charge is -2.11. The monoisotopic (exact) mass is 428 g/mol. The SMILES string of the molecule is Cc1ccc2c(Cc3cccc(C(C)(F)F)c3)noc2c1C#Cc1ccc2n[nH]nc2c1. The lowest BCUT2D eigenvalue weighted by Crippen LogP contribution is -2.07. The maximum Gasteiger partial charge on any atom is 0.270 e. The molecule has 0 fully saturated rings. The molecule has 0 atom stereocenters. The molecule has 0 aliphatic carbocycles. The average molecular weight is 428 g/mol. The topological polar surface area (TPSA) is 67.6 Å².